The Morgan fingerprint density at radius 3 is 2.43 bits per heavy atom. The monoisotopic (exact) mass is 500 g/mol. The third-order valence-electron chi connectivity index (χ3n) is 7.34. The van der Waals surface area contributed by atoms with Gasteiger partial charge in [0.1, 0.15) is 16.7 Å². The van der Waals surface area contributed by atoms with Crippen LogP contribution in [0.1, 0.15) is 38.7 Å². The van der Waals surface area contributed by atoms with Crippen LogP contribution in [-0.4, -0.2) is 67.5 Å². The Labute approximate surface area is 208 Å². The molecule has 0 saturated heterocycles. The first-order chi connectivity index (χ1) is 16.6. The van der Waals surface area contributed by atoms with Crippen molar-refractivity contribution in [1.82, 2.24) is 9.21 Å². The third-order valence-corrected chi connectivity index (χ3v) is 9.36. The molecule has 2 aromatic rings. The van der Waals surface area contributed by atoms with Crippen LogP contribution in [0.25, 0.3) is 11.1 Å². The zero-order chi connectivity index (χ0) is 25.3. The Kier molecular flexibility index (Phi) is 7.54. The van der Waals surface area contributed by atoms with Crippen LogP contribution in [0.15, 0.2) is 47.4 Å². The van der Waals surface area contributed by atoms with Crippen molar-refractivity contribution in [1.29, 1.82) is 0 Å². The number of carbonyl (C=O) groups excluding carboxylic acids is 1. The van der Waals surface area contributed by atoms with Crippen LogP contribution in [0.3, 0.4) is 0 Å². The summed E-state index contributed by atoms with van der Waals surface area (Å²) < 4.78 is 35.1. The van der Waals surface area contributed by atoms with Crippen LogP contribution in [0.2, 0.25) is 0 Å². The van der Waals surface area contributed by atoms with Gasteiger partial charge in [0.05, 0.1) is 13.2 Å². The summed E-state index contributed by atoms with van der Waals surface area (Å²) in [7, 11) is -2.11. The molecule has 1 heterocycles. The van der Waals surface area contributed by atoms with Gasteiger partial charge in [-0.2, -0.15) is 4.31 Å². The number of hydrogen-bond donors (Lipinski definition) is 1. The van der Waals surface area contributed by atoms with Crippen molar-refractivity contribution in [2.75, 3.05) is 26.7 Å². The predicted octanol–water partition coefficient (Wildman–Crippen LogP) is 3.69. The number of amides is 1. The van der Waals surface area contributed by atoms with Gasteiger partial charge >= 0.3 is 0 Å². The summed E-state index contributed by atoms with van der Waals surface area (Å²) in [5, 5.41) is 9.82. The van der Waals surface area contributed by atoms with Crippen LogP contribution in [0.5, 0.6) is 5.75 Å². The normalized spacial score (nSPS) is 23.2. The summed E-state index contributed by atoms with van der Waals surface area (Å²) in [5.74, 6) is 0.275. The summed E-state index contributed by atoms with van der Waals surface area (Å²) in [6.45, 7) is 5.94. The molecule has 0 spiro atoms. The largest absolute Gasteiger partial charge is 0.487 e. The Balaban J connectivity index is 1.74. The molecular formula is C27H36N2O5S. The number of likely N-dealkylation sites (N-methyl/N-ethyl adjacent to an activating group) is 1. The Hall–Kier alpha value is -2.42. The fourth-order valence-corrected chi connectivity index (χ4v) is 6.52. The minimum atomic E-state index is -3.90. The zero-order valence-corrected chi connectivity index (χ0v) is 21.8. The summed E-state index contributed by atoms with van der Waals surface area (Å²) >= 11 is 0. The molecule has 8 heteroatoms. The van der Waals surface area contributed by atoms with Crippen LogP contribution in [-0.2, 0) is 14.8 Å². The molecule has 0 bridgehead atoms. The number of sulfonamides is 1. The Morgan fingerprint density at radius 2 is 1.83 bits per heavy atom. The van der Waals surface area contributed by atoms with Gasteiger partial charge in [-0.3, -0.25) is 4.79 Å². The van der Waals surface area contributed by atoms with Crippen molar-refractivity contribution in [3.8, 4) is 16.9 Å². The smallest absolute Gasteiger partial charge is 0.247 e. The van der Waals surface area contributed by atoms with Gasteiger partial charge in [-0.25, -0.2) is 8.42 Å². The summed E-state index contributed by atoms with van der Waals surface area (Å²) in [6.07, 6.45) is 2.53. The van der Waals surface area contributed by atoms with E-state index in [9.17, 15) is 18.3 Å². The van der Waals surface area contributed by atoms with Crippen molar-refractivity contribution in [3.63, 3.8) is 0 Å². The molecule has 2 aromatic carbocycles. The summed E-state index contributed by atoms with van der Waals surface area (Å²) in [6, 6.07) is 12.6. The van der Waals surface area contributed by atoms with E-state index in [1.165, 1.54) is 4.31 Å². The maximum absolute atomic E-state index is 13.7. The highest BCUT2D eigenvalue weighted by atomic mass is 32.2. The van der Waals surface area contributed by atoms with Crippen LogP contribution >= 0.6 is 0 Å². The fourth-order valence-electron chi connectivity index (χ4n) is 4.70. The maximum Gasteiger partial charge on any atom is 0.247 e. The molecule has 1 fully saturated rings. The van der Waals surface area contributed by atoms with Gasteiger partial charge in [0.15, 0.2) is 0 Å². The minimum absolute atomic E-state index is 0.0792. The number of ether oxygens (including phenoxy) is 1. The van der Waals surface area contributed by atoms with Crippen molar-refractivity contribution >= 4 is 15.9 Å². The van der Waals surface area contributed by atoms with Crippen molar-refractivity contribution < 1.29 is 23.1 Å². The van der Waals surface area contributed by atoms with Gasteiger partial charge in [-0.1, -0.05) is 49.2 Å². The van der Waals surface area contributed by atoms with Crippen LogP contribution in [0.4, 0.5) is 0 Å². The summed E-state index contributed by atoms with van der Waals surface area (Å²) in [4.78, 5) is 14.6. The molecule has 35 heavy (non-hydrogen) atoms. The molecule has 3 atom stereocenters. The van der Waals surface area contributed by atoms with Crippen molar-refractivity contribution in [3.05, 3.63) is 48.0 Å². The standard InChI is InChI=1S/C27H36N2O5S/c1-18-8-10-21(11-9-18)23-12-13-26-24(14-23)34-25(16-28(4)27(31)22-6-5-7-22)19(2)15-29(20(3)17-30)35(26,32)33/h8-14,19-20,22,25,30H,5-7,15-17H2,1-4H3/t19-,20-,25+/m1/s1. The molecule has 2 aliphatic rings. The molecule has 7 nitrogen and oxygen atoms in total. The lowest BCUT2D eigenvalue weighted by Gasteiger charge is -2.38. The first kappa shape index (κ1) is 25.7. The first-order valence-electron chi connectivity index (χ1n) is 12.4. The second-order valence-corrected chi connectivity index (χ2v) is 12.0. The molecule has 190 valence electrons. The van der Waals surface area contributed by atoms with Gasteiger partial charge < -0.3 is 14.7 Å². The molecule has 1 saturated carbocycles. The molecule has 1 N–H and O–H groups in total. The van der Waals surface area contributed by atoms with E-state index in [1.54, 1.807) is 37.1 Å². The topological polar surface area (TPSA) is 87.2 Å². The number of nitrogens with zero attached hydrogens (tertiary/aromatic N) is 2. The van der Waals surface area contributed by atoms with Crippen molar-refractivity contribution in [2.45, 2.75) is 57.1 Å². The van der Waals surface area contributed by atoms with E-state index in [1.807, 2.05) is 38.1 Å². The second kappa shape index (κ2) is 10.3. The van der Waals surface area contributed by atoms with Gasteiger partial charge in [-0.15, -0.1) is 0 Å². The molecular weight excluding hydrogens is 464 g/mol. The number of benzene rings is 2. The number of fused-ring (bicyclic) bond motifs is 1. The quantitative estimate of drug-likeness (QED) is 0.654. The lowest BCUT2D eigenvalue weighted by atomic mass is 9.84. The number of aliphatic hydroxyl groups excluding tert-OH is 1. The minimum Gasteiger partial charge on any atom is -0.487 e. The van der Waals surface area contributed by atoms with E-state index < -0.39 is 22.2 Å². The molecule has 0 aromatic heterocycles. The number of aliphatic hydroxyl groups is 1. The Bertz CT molecular complexity index is 1160. The first-order valence-corrected chi connectivity index (χ1v) is 13.8. The van der Waals surface area contributed by atoms with Gasteiger partial charge in [0.2, 0.25) is 15.9 Å². The van der Waals surface area contributed by atoms with E-state index in [4.69, 9.17) is 4.74 Å². The average molecular weight is 501 g/mol. The SMILES string of the molecule is Cc1ccc(-c2ccc3c(c2)O[C@@H](CN(C)C(=O)C2CCC2)[C@H](C)CN([C@H](C)CO)S3(=O)=O)cc1. The van der Waals surface area contributed by atoms with E-state index in [-0.39, 0.29) is 41.5 Å². The number of aryl methyl sites for hydroxylation is 1. The van der Waals surface area contributed by atoms with Gasteiger partial charge in [0, 0.05) is 31.5 Å². The van der Waals surface area contributed by atoms with Crippen molar-refractivity contribution in [2.24, 2.45) is 11.8 Å². The summed E-state index contributed by atoms with van der Waals surface area (Å²) in [5.41, 5.74) is 2.95. The Morgan fingerprint density at radius 1 is 1.17 bits per heavy atom. The van der Waals surface area contributed by atoms with E-state index in [0.29, 0.717) is 6.54 Å². The van der Waals surface area contributed by atoms with Gasteiger partial charge in [-0.05, 0) is 49.9 Å². The van der Waals surface area contributed by atoms with E-state index >= 15 is 0 Å². The lowest BCUT2D eigenvalue weighted by molar-refractivity contribution is -0.138. The van der Waals surface area contributed by atoms with Crippen LogP contribution in [0, 0.1) is 18.8 Å². The average Bonchev–Trinajstić information content (AvgIpc) is 2.79. The number of carbonyl (C=O) groups is 1. The molecule has 4 rings (SSSR count). The second-order valence-electron chi connectivity index (χ2n) is 10.1. The molecule has 0 unspecified atom stereocenters. The highest BCUT2D eigenvalue weighted by Gasteiger charge is 2.39. The van der Waals surface area contributed by atoms with E-state index in [2.05, 4.69) is 0 Å². The maximum atomic E-state index is 13.7. The third kappa shape index (κ3) is 5.25. The fraction of sp³-hybridized carbons (Fsp3) is 0.519. The highest BCUT2D eigenvalue weighted by molar-refractivity contribution is 7.89. The molecule has 1 aliphatic heterocycles. The number of rotatable bonds is 6. The molecule has 0 radical (unpaired) electrons. The molecule has 1 aliphatic carbocycles. The lowest BCUT2D eigenvalue weighted by Crippen LogP contribution is -2.50. The predicted molar refractivity (Wildman–Crippen MR) is 136 cm³/mol. The molecule has 1 amide bonds. The van der Waals surface area contributed by atoms with Gasteiger partial charge in [0.25, 0.3) is 0 Å². The van der Waals surface area contributed by atoms with Crippen LogP contribution < -0.4 is 4.74 Å². The van der Waals surface area contributed by atoms with E-state index in [0.717, 1.165) is 36.0 Å². The zero-order valence-electron chi connectivity index (χ0n) is 21.0. The number of hydrogen-bond acceptors (Lipinski definition) is 5. The highest BCUT2D eigenvalue weighted by Crippen LogP contribution is 2.37.